The van der Waals surface area contributed by atoms with Gasteiger partial charge < -0.3 is 5.32 Å². The van der Waals surface area contributed by atoms with Gasteiger partial charge in [0.25, 0.3) is 0 Å². The van der Waals surface area contributed by atoms with E-state index in [1.807, 2.05) is 14.0 Å². The molecule has 0 saturated carbocycles. The van der Waals surface area contributed by atoms with Crippen molar-refractivity contribution in [3.05, 3.63) is 35.9 Å². The van der Waals surface area contributed by atoms with Crippen LogP contribution in [0, 0.1) is 11.8 Å². The molecule has 1 aromatic rings. The Morgan fingerprint density at radius 3 is 2.56 bits per heavy atom. The largest absolute Gasteiger partial charge is 0.317 e. The third kappa shape index (κ3) is 5.00. The molecular weight excluding hydrogens is 194 g/mol. The molecule has 0 aliphatic rings. The molecule has 0 spiro atoms. The van der Waals surface area contributed by atoms with Crippen molar-refractivity contribution in [2.75, 3.05) is 7.05 Å². The molecule has 1 aromatic carbocycles. The van der Waals surface area contributed by atoms with Gasteiger partial charge in [0, 0.05) is 12.5 Å². The fourth-order valence-electron chi connectivity index (χ4n) is 1.79. The van der Waals surface area contributed by atoms with Crippen LogP contribution in [-0.4, -0.2) is 13.1 Å². The molecule has 0 saturated heterocycles. The predicted molar refractivity (Wildman–Crippen MR) is 70.3 cm³/mol. The Labute approximate surface area is 99.3 Å². The average molecular weight is 215 g/mol. The molecule has 16 heavy (non-hydrogen) atoms. The molecule has 1 heteroatoms. The lowest BCUT2D eigenvalue weighted by atomic mass is 10.0. The van der Waals surface area contributed by atoms with Crippen LogP contribution in [0.1, 0.15) is 31.7 Å². The minimum atomic E-state index is 0.584. The van der Waals surface area contributed by atoms with Crippen molar-refractivity contribution in [2.24, 2.45) is 0 Å². The highest BCUT2D eigenvalue weighted by Gasteiger charge is 2.04. The third-order valence-electron chi connectivity index (χ3n) is 2.83. The van der Waals surface area contributed by atoms with Gasteiger partial charge >= 0.3 is 0 Å². The van der Waals surface area contributed by atoms with Crippen LogP contribution in [0.5, 0.6) is 0 Å². The zero-order valence-electron chi connectivity index (χ0n) is 10.3. The molecule has 1 atom stereocenters. The molecule has 1 unspecified atom stereocenters. The summed E-state index contributed by atoms with van der Waals surface area (Å²) in [5.41, 5.74) is 1.42. The van der Waals surface area contributed by atoms with Gasteiger partial charge in [0.15, 0.2) is 0 Å². The van der Waals surface area contributed by atoms with Crippen molar-refractivity contribution < 1.29 is 0 Å². The summed E-state index contributed by atoms with van der Waals surface area (Å²) in [7, 11) is 2.04. The van der Waals surface area contributed by atoms with Crippen molar-refractivity contribution in [2.45, 2.75) is 38.6 Å². The lowest BCUT2D eigenvalue weighted by Crippen LogP contribution is -2.25. The van der Waals surface area contributed by atoms with Crippen LogP contribution in [0.2, 0.25) is 0 Å². The molecule has 0 heterocycles. The van der Waals surface area contributed by atoms with E-state index in [-0.39, 0.29) is 0 Å². The lowest BCUT2D eigenvalue weighted by Gasteiger charge is -2.14. The molecule has 86 valence electrons. The Bertz CT molecular complexity index is 331. The number of benzene rings is 1. The minimum Gasteiger partial charge on any atom is -0.317 e. The van der Waals surface area contributed by atoms with E-state index in [2.05, 4.69) is 47.5 Å². The smallest absolute Gasteiger partial charge is 0.0103 e. The molecule has 0 aromatic heterocycles. The summed E-state index contributed by atoms with van der Waals surface area (Å²) < 4.78 is 0. The molecule has 0 amide bonds. The Morgan fingerprint density at radius 1 is 1.19 bits per heavy atom. The summed E-state index contributed by atoms with van der Waals surface area (Å²) in [5.74, 6) is 6.06. The molecule has 0 bridgehead atoms. The van der Waals surface area contributed by atoms with Crippen LogP contribution in [0.4, 0.5) is 0 Å². The van der Waals surface area contributed by atoms with Crippen molar-refractivity contribution in [1.82, 2.24) is 5.32 Å². The second-order valence-corrected chi connectivity index (χ2v) is 3.98. The second-order valence-electron chi connectivity index (χ2n) is 3.98. The van der Waals surface area contributed by atoms with E-state index in [1.54, 1.807) is 0 Å². The van der Waals surface area contributed by atoms with Crippen molar-refractivity contribution in [3.63, 3.8) is 0 Å². The molecule has 0 radical (unpaired) electrons. The molecule has 1 N–H and O–H groups in total. The summed E-state index contributed by atoms with van der Waals surface area (Å²) in [6.07, 6.45) is 4.47. The highest BCUT2D eigenvalue weighted by atomic mass is 14.9. The van der Waals surface area contributed by atoms with Gasteiger partial charge in [-0.1, -0.05) is 30.3 Å². The Balaban J connectivity index is 2.30. The zero-order chi connectivity index (χ0) is 11.6. The van der Waals surface area contributed by atoms with Gasteiger partial charge in [0.05, 0.1) is 0 Å². The number of hydrogen-bond acceptors (Lipinski definition) is 1. The summed E-state index contributed by atoms with van der Waals surface area (Å²) in [6, 6.07) is 11.2. The van der Waals surface area contributed by atoms with Crippen molar-refractivity contribution in [1.29, 1.82) is 0 Å². The summed E-state index contributed by atoms with van der Waals surface area (Å²) in [4.78, 5) is 0. The van der Waals surface area contributed by atoms with E-state index in [0.717, 1.165) is 19.3 Å². The van der Waals surface area contributed by atoms with E-state index >= 15 is 0 Å². The van der Waals surface area contributed by atoms with Gasteiger partial charge in [-0.2, -0.15) is 0 Å². The molecular formula is C15H21N. The van der Waals surface area contributed by atoms with Crippen LogP contribution >= 0.6 is 0 Å². The first-order valence-electron chi connectivity index (χ1n) is 5.97. The fourth-order valence-corrected chi connectivity index (χ4v) is 1.79. The SMILES string of the molecule is CC#CCCC(CCc1ccccc1)NC. The van der Waals surface area contributed by atoms with Crippen LogP contribution in [0.25, 0.3) is 0 Å². The van der Waals surface area contributed by atoms with Crippen LogP contribution in [-0.2, 0) is 6.42 Å². The molecule has 1 rings (SSSR count). The highest BCUT2D eigenvalue weighted by Crippen LogP contribution is 2.08. The van der Waals surface area contributed by atoms with Gasteiger partial charge in [0.1, 0.15) is 0 Å². The number of rotatable bonds is 6. The summed E-state index contributed by atoms with van der Waals surface area (Å²) >= 11 is 0. The van der Waals surface area contributed by atoms with E-state index < -0.39 is 0 Å². The van der Waals surface area contributed by atoms with Crippen molar-refractivity contribution >= 4 is 0 Å². The number of hydrogen-bond donors (Lipinski definition) is 1. The maximum atomic E-state index is 3.36. The van der Waals surface area contributed by atoms with E-state index in [4.69, 9.17) is 0 Å². The Kier molecular flexibility index (Phi) is 6.37. The standard InChI is InChI=1S/C15H21N/c1-3-4-6-11-15(16-2)13-12-14-9-7-5-8-10-14/h5,7-10,15-16H,6,11-13H2,1-2H3. The normalized spacial score (nSPS) is 11.6. The number of aryl methyl sites for hydroxylation is 1. The first-order chi connectivity index (χ1) is 7.86. The van der Waals surface area contributed by atoms with Gasteiger partial charge in [-0.05, 0) is 38.8 Å². The zero-order valence-corrected chi connectivity index (χ0v) is 10.3. The topological polar surface area (TPSA) is 12.0 Å². The van der Waals surface area contributed by atoms with E-state index in [9.17, 15) is 0 Å². The van der Waals surface area contributed by atoms with Gasteiger partial charge in [-0.3, -0.25) is 0 Å². The molecule has 0 aliphatic carbocycles. The maximum Gasteiger partial charge on any atom is 0.0103 e. The fraction of sp³-hybridized carbons (Fsp3) is 0.467. The maximum absolute atomic E-state index is 3.36. The quantitative estimate of drug-likeness (QED) is 0.719. The van der Waals surface area contributed by atoms with Gasteiger partial charge in [-0.15, -0.1) is 11.8 Å². The minimum absolute atomic E-state index is 0.584. The predicted octanol–water partition coefficient (Wildman–Crippen LogP) is 3.01. The molecule has 1 nitrogen and oxygen atoms in total. The van der Waals surface area contributed by atoms with E-state index in [1.165, 1.54) is 12.0 Å². The summed E-state index contributed by atoms with van der Waals surface area (Å²) in [6.45, 7) is 1.90. The van der Waals surface area contributed by atoms with Crippen LogP contribution in [0.3, 0.4) is 0 Å². The van der Waals surface area contributed by atoms with E-state index in [0.29, 0.717) is 6.04 Å². The first kappa shape index (κ1) is 12.8. The first-order valence-corrected chi connectivity index (χ1v) is 5.97. The summed E-state index contributed by atoms with van der Waals surface area (Å²) in [5, 5.41) is 3.36. The van der Waals surface area contributed by atoms with Crippen molar-refractivity contribution in [3.8, 4) is 11.8 Å². The van der Waals surface area contributed by atoms with Crippen LogP contribution in [0.15, 0.2) is 30.3 Å². The molecule has 0 aliphatic heterocycles. The Hall–Kier alpha value is -1.26. The third-order valence-corrected chi connectivity index (χ3v) is 2.83. The van der Waals surface area contributed by atoms with Crippen LogP contribution < -0.4 is 5.32 Å². The highest BCUT2D eigenvalue weighted by molar-refractivity contribution is 5.14. The average Bonchev–Trinajstić information content (AvgIpc) is 2.35. The Morgan fingerprint density at radius 2 is 1.94 bits per heavy atom. The van der Waals surface area contributed by atoms with Gasteiger partial charge in [0.2, 0.25) is 0 Å². The molecule has 0 fully saturated rings. The monoisotopic (exact) mass is 215 g/mol. The lowest BCUT2D eigenvalue weighted by molar-refractivity contribution is 0.495. The number of nitrogens with one attached hydrogen (secondary N) is 1. The van der Waals surface area contributed by atoms with Gasteiger partial charge in [-0.25, -0.2) is 0 Å². The second kappa shape index (κ2) is 7.96.